The predicted molar refractivity (Wildman–Crippen MR) is 264 cm³/mol. The first-order valence-electron chi connectivity index (χ1n) is 21.5. The van der Waals surface area contributed by atoms with Crippen LogP contribution in [0.3, 0.4) is 0 Å². The highest BCUT2D eigenvalue weighted by atomic mass is 16.3. The maximum absolute atomic E-state index is 6.71. The van der Waals surface area contributed by atoms with E-state index in [0.29, 0.717) is 0 Å². The molecule has 63 heavy (non-hydrogen) atoms. The van der Waals surface area contributed by atoms with Crippen molar-refractivity contribution in [3.8, 4) is 50.2 Å². The average Bonchev–Trinajstić information content (AvgIpc) is 3.91. The molecule has 3 nitrogen and oxygen atoms in total. The van der Waals surface area contributed by atoms with Crippen molar-refractivity contribution in [3.63, 3.8) is 0 Å². The van der Waals surface area contributed by atoms with Gasteiger partial charge in [-0.2, -0.15) is 0 Å². The van der Waals surface area contributed by atoms with E-state index in [0.717, 1.165) is 83.6 Å². The molecular weight excluding hydrogens is 765 g/mol. The number of fused-ring (bicyclic) bond motifs is 6. The van der Waals surface area contributed by atoms with Gasteiger partial charge in [-0.1, -0.05) is 188 Å². The van der Waals surface area contributed by atoms with Gasteiger partial charge in [0.25, 0.3) is 0 Å². The Morgan fingerprint density at radius 1 is 0.317 bits per heavy atom. The number of rotatable bonds is 8. The Balaban J connectivity index is 1.12. The molecule has 0 radical (unpaired) electrons. The molecule has 0 spiro atoms. The molecule has 12 aromatic rings. The molecule has 296 valence electrons. The van der Waals surface area contributed by atoms with Crippen molar-refractivity contribution >= 4 is 60.8 Å². The Hall–Kier alpha value is -8.40. The number of nitrogens with zero attached hydrogens (tertiary/aromatic N) is 2. The maximum atomic E-state index is 6.71. The zero-order chi connectivity index (χ0) is 41.7. The summed E-state index contributed by atoms with van der Waals surface area (Å²) in [5.74, 6) is 0. The van der Waals surface area contributed by atoms with Gasteiger partial charge in [0.05, 0.1) is 22.4 Å². The first-order valence-corrected chi connectivity index (χ1v) is 21.5. The molecule has 0 amide bonds. The molecule has 10 aromatic carbocycles. The summed E-state index contributed by atoms with van der Waals surface area (Å²) in [5, 5.41) is 4.64. The zero-order valence-corrected chi connectivity index (χ0v) is 34.4. The minimum absolute atomic E-state index is 0.878. The lowest BCUT2D eigenvalue weighted by Crippen LogP contribution is -2.13. The molecule has 3 heteroatoms. The van der Waals surface area contributed by atoms with Gasteiger partial charge in [-0.3, -0.25) is 0 Å². The second-order valence-corrected chi connectivity index (χ2v) is 16.1. The van der Waals surface area contributed by atoms with Gasteiger partial charge in [-0.25, -0.2) is 0 Å². The van der Waals surface area contributed by atoms with Gasteiger partial charge in [-0.15, -0.1) is 0 Å². The molecule has 0 saturated carbocycles. The fourth-order valence-electron chi connectivity index (χ4n) is 9.46. The zero-order valence-electron chi connectivity index (χ0n) is 34.4. The highest BCUT2D eigenvalue weighted by Crippen LogP contribution is 2.48. The van der Waals surface area contributed by atoms with E-state index < -0.39 is 0 Å². The number of benzene rings is 10. The number of furan rings is 1. The summed E-state index contributed by atoms with van der Waals surface area (Å²) in [6, 6.07) is 87.2. The molecule has 2 aromatic heterocycles. The minimum Gasteiger partial charge on any atom is -0.455 e. The van der Waals surface area contributed by atoms with Gasteiger partial charge in [0, 0.05) is 49.6 Å². The fraction of sp³-hybridized carbons (Fsp3) is 0. The molecule has 0 bridgehead atoms. The van der Waals surface area contributed by atoms with Gasteiger partial charge in [0.1, 0.15) is 11.2 Å². The van der Waals surface area contributed by atoms with Crippen LogP contribution in [-0.4, -0.2) is 4.57 Å². The van der Waals surface area contributed by atoms with E-state index in [2.05, 4.69) is 246 Å². The predicted octanol–water partition coefficient (Wildman–Crippen LogP) is 16.8. The highest BCUT2D eigenvalue weighted by Gasteiger charge is 2.24. The lowest BCUT2D eigenvalue weighted by molar-refractivity contribution is 0.670. The largest absolute Gasteiger partial charge is 0.455 e. The smallest absolute Gasteiger partial charge is 0.143 e. The summed E-state index contributed by atoms with van der Waals surface area (Å²) < 4.78 is 9.11. The molecule has 0 unspecified atom stereocenters. The van der Waals surface area contributed by atoms with Crippen LogP contribution in [0.25, 0.3) is 93.9 Å². The Bertz CT molecular complexity index is 3600. The molecule has 0 aliphatic heterocycles. The van der Waals surface area contributed by atoms with Crippen LogP contribution in [0, 0.1) is 0 Å². The van der Waals surface area contributed by atoms with Crippen LogP contribution < -0.4 is 4.90 Å². The van der Waals surface area contributed by atoms with Crippen molar-refractivity contribution in [3.05, 3.63) is 243 Å². The summed E-state index contributed by atoms with van der Waals surface area (Å²) >= 11 is 0. The van der Waals surface area contributed by atoms with E-state index >= 15 is 0 Å². The first-order chi connectivity index (χ1) is 31.3. The molecular formula is C60H40N2O. The van der Waals surface area contributed by atoms with E-state index in [-0.39, 0.29) is 0 Å². The number of anilines is 3. The van der Waals surface area contributed by atoms with Crippen LogP contribution in [0.1, 0.15) is 0 Å². The van der Waals surface area contributed by atoms with E-state index in [1.807, 2.05) is 6.07 Å². The van der Waals surface area contributed by atoms with Gasteiger partial charge < -0.3 is 13.9 Å². The third-order valence-corrected chi connectivity index (χ3v) is 12.4. The van der Waals surface area contributed by atoms with Crippen LogP contribution >= 0.6 is 0 Å². The van der Waals surface area contributed by atoms with Crippen molar-refractivity contribution in [2.45, 2.75) is 0 Å². The van der Waals surface area contributed by atoms with Crippen molar-refractivity contribution in [1.29, 1.82) is 0 Å². The Morgan fingerprint density at radius 2 is 0.873 bits per heavy atom. The number of hydrogen-bond donors (Lipinski definition) is 0. The third kappa shape index (κ3) is 6.29. The molecule has 0 N–H and O–H groups in total. The molecule has 2 heterocycles. The number of para-hydroxylation sites is 5. The maximum Gasteiger partial charge on any atom is 0.143 e. The van der Waals surface area contributed by atoms with E-state index in [4.69, 9.17) is 4.42 Å². The van der Waals surface area contributed by atoms with Gasteiger partial charge >= 0.3 is 0 Å². The fourth-order valence-corrected chi connectivity index (χ4v) is 9.46. The molecule has 0 saturated heterocycles. The molecule has 0 aliphatic carbocycles. The van der Waals surface area contributed by atoms with Crippen LogP contribution in [-0.2, 0) is 0 Å². The average molecular weight is 805 g/mol. The summed E-state index contributed by atoms with van der Waals surface area (Å²) in [6.07, 6.45) is 0. The lowest BCUT2D eigenvalue weighted by atomic mass is 9.94. The Labute approximate surface area is 366 Å². The molecule has 12 rings (SSSR count). The van der Waals surface area contributed by atoms with Crippen LogP contribution in [0.15, 0.2) is 247 Å². The second kappa shape index (κ2) is 15.3. The van der Waals surface area contributed by atoms with Crippen molar-refractivity contribution in [2.24, 2.45) is 0 Å². The minimum atomic E-state index is 0.878. The van der Waals surface area contributed by atoms with E-state index in [1.165, 1.54) is 27.4 Å². The normalized spacial score (nSPS) is 11.5. The molecule has 0 fully saturated rings. The van der Waals surface area contributed by atoms with Crippen molar-refractivity contribution in [1.82, 2.24) is 4.57 Å². The second-order valence-electron chi connectivity index (χ2n) is 16.1. The summed E-state index contributed by atoms with van der Waals surface area (Å²) in [6.45, 7) is 0. The summed E-state index contributed by atoms with van der Waals surface area (Å²) in [4.78, 5) is 2.45. The van der Waals surface area contributed by atoms with Gasteiger partial charge in [-0.05, 0) is 82.4 Å². The van der Waals surface area contributed by atoms with Crippen LogP contribution in [0.4, 0.5) is 17.1 Å². The standard InChI is InChI=1S/C60H40N2O/c1-4-17-41(18-5-1)42-31-33-43(34-32-42)45-35-38-57(54(39-45)44-19-6-2-7-20-44)62(47-36-37-50-48-23-10-13-28-55(48)61(58(50)40-47)46-21-8-3-9-22-46)56-29-14-11-24-49(56)52-26-16-27-53-51-25-12-15-30-59(51)63-60(52)53/h1-40H. The number of aromatic nitrogens is 1. The van der Waals surface area contributed by atoms with Crippen molar-refractivity contribution in [2.75, 3.05) is 4.90 Å². The topological polar surface area (TPSA) is 21.3 Å². The summed E-state index contributed by atoms with van der Waals surface area (Å²) in [5.41, 5.74) is 17.4. The van der Waals surface area contributed by atoms with Crippen molar-refractivity contribution < 1.29 is 4.42 Å². The Morgan fingerprint density at radius 3 is 1.67 bits per heavy atom. The van der Waals surface area contributed by atoms with Gasteiger partial charge in [0.2, 0.25) is 0 Å². The van der Waals surface area contributed by atoms with Gasteiger partial charge in [0.15, 0.2) is 0 Å². The van der Waals surface area contributed by atoms with E-state index in [9.17, 15) is 0 Å². The quantitative estimate of drug-likeness (QED) is 0.153. The Kier molecular flexibility index (Phi) is 8.83. The van der Waals surface area contributed by atoms with Crippen LogP contribution in [0.2, 0.25) is 0 Å². The van der Waals surface area contributed by atoms with E-state index in [1.54, 1.807) is 0 Å². The monoisotopic (exact) mass is 804 g/mol. The van der Waals surface area contributed by atoms with Crippen LogP contribution in [0.5, 0.6) is 0 Å². The molecule has 0 aliphatic rings. The summed E-state index contributed by atoms with van der Waals surface area (Å²) in [7, 11) is 0. The highest BCUT2D eigenvalue weighted by molar-refractivity contribution is 6.13. The SMILES string of the molecule is c1ccc(-c2ccc(-c3ccc(N(c4ccc5c6ccccc6n(-c6ccccc6)c5c4)c4ccccc4-c4cccc5c4oc4ccccc45)c(-c4ccccc4)c3)cc2)cc1. The molecule has 0 atom stereocenters. The number of hydrogen-bond acceptors (Lipinski definition) is 2. The third-order valence-electron chi connectivity index (χ3n) is 12.4. The first kappa shape index (κ1) is 36.5. The lowest BCUT2D eigenvalue weighted by Gasteiger charge is -2.30.